The quantitative estimate of drug-likeness (QED) is 0.236. The van der Waals surface area contributed by atoms with E-state index in [1.165, 1.54) is 0 Å². The maximum atomic E-state index is 11.2. The molecule has 0 aromatic rings. The van der Waals surface area contributed by atoms with Gasteiger partial charge in [-0.1, -0.05) is 15.9 Å². The first-order valence-electron chi connectivity index (χ1n) is 6.26. The second-order valence-corrected chi connectivity index (χ2v) is 5.93. The van der Waals surface area contributed by atoms with E-state index in [1.54, 1.807) is 0 Å². The summed E-state index contributed by atoms with van der Waals surface area (Å²) in [7, 11) is 0. The van der Waals surface area contributed by atoms with Gasteiger partial charge in [-0.15, -0.1) is 0 Å². The first-order chi connectivity index (χ1) is 10.1. The topological polar surface area (TPSA) is 177 Å². The van der Waals surface area contributed by atoms with E-state index in [9.17, 15) is 30.0 Å². The van der Waals surface area contributed by atoms with Gasteiger partial charge in [0.1, 0.15) is 23.1 Å². The molecule has 128 valence electrons. The van der Waals surface area contributed by atoms with Gasteiger partial charge in [-0.2, -0.15) is 0 Å². The Balaban J connectivity index is 3.19. The lowest BCUT2D eigenvalue weighted by atomic mass is 9.88. The minimum absolute atomic E-state index is 0.621. The van der Waals surface area contributed by atoms with Crippen LogP contribution in [0.4, 0.5) is 0 Å². The minimum atomic E-state index is -2.91. The molecular weight excluding hydrogens is 370 g/mol. The number of halogens is 1. The highest BCUT2D eigenvalue weighted by molar-refractivity contribution is 9.09. The Labute approximate surface area is 133 Å². The van der Waals surface area contributed by atoms with Crippen LogP contribution in [0.15, 0.2) is 0 Å². The third kappa shape index (κ3) is 3.56. The number of alkyl halides is 1. The molecule has 0 aromatic heterocycles. The first-order valence-corrected chi connectivity index (χ1v) is 7.17. The van der Waals surface area contributed by atoms with Crippen LogP contribution in [0, 0.1) is 0 Å². The van der Waals surface area contributed by atoms with Crippen molar-refractivity contribution in [3.8, 4) is 0 Å². The highest BCUT2D eigenvalue weighted by Gasteiger charge is 2.59. The van der Waals surface area contributed by atoms with Crippen molar-refractivity contribution < 1.29 is 45.0 Å². The highest BCUT2D eigenvalue weighted by Crippen LogP contribution is 2.35. The zero-order valence-corrected chi connectivity index (χ0v) is 13.0. The molecule has 0 radical (unpaired) electrons. The van der Waals surface area contributed by atoms with E-state index in [0.717, 1.165) is 6.92 Å². The van der Waals surface area contributed by atoms with Gasteiger partial charge in [0.05, 0.1) is 18.8 Å². The fourth-order valence-corrected chi connectivity index (χ4v) is 2.77. The number of hydrogen-bond acceptors (Lipinski definition) is 8. The molecule has 0 bridgehead atoms. The zero-order chi connectivity index (χ0) is 17.2. The highest BCUT2D eigenvalue weighted by atomic mass is 79.9. The molecule has 1 aliphatic rings. The maximum absolute atomic E-state index is 11.2. The second kappa shape index (κ2) is 7.17. The van der Waals surface area contributed by atoms with Crippen LogP contribution in [0.2, 0.25) is 0 Å². The summed E-state index contributed by atoms with van der Waals surface area (Å²) in [4.78, 5) is 20.8. The molecule has 11 heteroatoms. The van der Waals surface area contributed by atoms with Crippen LogP contribution in [-0.4, -0.2) is 90.2 Å². The fraction of sp³-hybridized carbons (Fsp3) is 0.818. The van der Waals surface area contributed by atoms with E-state index in [-0.39, 0.29) is 0 Å². The monoisotopic (exact) mass is 387 g/mol. The van der Waals surface area contributed by atoms with Crippen molar-refractivity contribution in [2.75, 3.05) is 6.61 Å². The number of amides is 1. The Bertz CT molecular complexity index is 436. The molecule has 0 aliphatic carbocycles. The van der Waals surface area contributed by atoms with Gasteiger partial charge in [0, 0.05) is 6.92 Å². The van der Waals surface area contributed by atoms with E-state index >= 15 is 0 Å². The molecule has 1 heterocycles. The molecule has 0 saturated carbocycles. The molecule has 1 fully saturated rings. The predicted molar refractivity (Wildman–Crippen MR) is 72.9 cm³/mol. The molecule has 1 aliphatic heterocycles. The smallest absolute Gasteiger partial charge is 0.365 e. The Morgan fingerprint density at radius 3 is 2.36 bits per heavy atom. The lowest BCUT2D eigenvalue weighted by molar-refractivity contribution is -0.290. The van der Waals surface area contributed by atoms with Gasteiger partial charge < -0.3 is 40.7 Å². The van der Waals surface area contributed by atoms with Gasteiger partial charge in [-0.25, -0.2) is 4.79 Å². The second-order valence-electron chi connectivity index (χ2n) is 4.94. The summed E-state index contributed by atoms with van der Waals surface area (Å²) < 4.78 is 4.93. The molecule has 1 rings (SSSR count). The van der Waals surface area contributed by atoms with Crippen molar-refractivity contribution in [2.24, 2.45) is 0 Å². The lowest BCUT2D eigenvalue weighted by Gasteiger charge is -2.47. The Morgan fingerprint density at radius 2 is 1.95 bits per heavy atom. The van der Waals surface area contributed by atoms with Gasteiger partial charge in [-0.05, 0) is 0 Å². The van der Waals surface area contributed by atoms with Crippen LogP contribution in [0.1, 0.15) is 6.92 Å². The summed E-state index contributed by atoms with van der Waals surface area (Å²) in [5.41, 5.74) is 0. The maximum Gasteiger partial charge on any atom is 0.365 e. The SMILES string of the molecule is CC(=O)N[C@@H]1[C@@H](O)[C@@H](Br)[C@@](O)(C(=O)O)O[C@H]1[C@H](O)[C@H](O)CO. The lowest BCUT2D eigenvalue weighted by Crippen LogP contribution is -2.72. The zero-order valence-electron chi connectivity index (χ0n) is 11.5. The minimum Gasteiger partial charge on any atom is -0.477 e. The normalized spacial score (nSPS) is 38.1. The number of rotatable bonds is 5. The predicted octanol–water partition coefficient (Wildman–Crippen LogP) is -3.50. The number of nitrogens with one attached hydrogen (secondary N) is 1. The number of carbonyl (C=O) groups excluding carboxylic acids is 1. The number of aliphatic hydroxyl groups is 5. The summed E-state index contributed by atoms with van der Waals surface area (Å²) in [5, 5.41) is 59.7. The fourth-order valence-electron chi connectivity index (χ4n) is 2.13. The van der Waals surface area contributed by atoms with Crippen molar-refractivity contribution in [1.29, 1.82) is 0 Å². The van der Waals surface area contributed by atoms with Crippen molar-refractivity contribution >= 4 is 27.8 Å². The number of hydrogen-bond donors (Lipinski definition) is 7. The van der Waals surface area contributed by atoms with Crippen molar-refractivity contribution in [2.45, 2.75) is 48.0 Å². The van der Waals surface area contributed by atoms with Crippen molar-refractivity contribution in [3.05, 3.63) is 0 Å². The Hall–Kier alpha value is -0.820. The van der Waals surface area contributed by atoms with Gasteiger partial charge >= 0.3 is 5.97 Å². The molecule has 10 nitrogen and oxygen atoms in total. The van der Waals surface area contributed by atoms with Crippen molar-refractivity contribution in [3.63, 3.8) is 0 Å². The number of aliphatic carboxylic acids is 1. The standard InChI is InChI=1S/C11H18BrNO9/c1-3(15)13-5-7(18)9(12)11(21,10(19)20)22-8(5)6(17)4(16)2-14/h4-9,14,16-18,21H,2H2,1H3,(H,13,15)(H,19,20)/t4-,5-,6-,7-,8-,9-,11+/m1/s1. The summed E-state index contributed by atoms with van der Waals surface area (Å²) >= 11 is 2.79. The Kier molecular flexibility index (Phi) is 6.27. The summed E-state index contributed by atoms with van der Waals surface area (Å²) in [6.45, 7) is 0.229. The van der Waals surface area contributed by atoms with Crippen LogP contribution in [0.25, 0.3) is 0 Å². The molecule has 0 unspecified atom stereocenters. The van der Waals surface area contributed by atoms with E-state index in [2.05, 4.69) is 21.2 Å². The summed E-state index contributed by atoms with van der Waals surface area (Å²) in [6, 6.07) is -1.34. The van der Waals surface area contributed by atoms with Crippen LogP contribution >= 0.6 is 15.9 Å². The van der Waals surface area contributed by atoms with Gasteiger partial charge in [0.2, 0.25) is 5.91 Å². The number of ether oxygens (including phenoxy) is 1. The molecule has 7 atom stereocenters. The summed E-state index contributed by atoms with van der Waals surface area (Å²) in [5.74, 6) is -5.37. The number of carboxylic acids is 1. The van der Waals surface area contributed by atoms with E-state index < -0.39 is 59.6 Å². The van der Waals surface area contributed by atoms with Gasteiger partial charge in [0.25, 0.3) is 5.79 Å². The average Bonchev–Trinajstić information content (AvgIpc) is 2.45. The molecule has 0 aromatic carbocycles. The molecule has 22 heavy (non-hydrogen) atoms. The first kappa shape index (κ1) is 19.2. The summed E-state index contributed by atoms with van der Waals surface area (Å²) in [6.07, 6.45) is -6.96. The van der Waals surface area contributed by atoms with Gasteiger partial charge in [0.15, 0.2) is 0 Å². The number of aliphatic hydroxyl groups excluding tert-OH is 4. The van der Waals surface area contributed by atoms with E-state index in [4.69, 9.17) is 14.9 Å². The molecule has 1 saturated heterocycles. The molecule has 7 N–H and O–H groups in total. The Morgan fingerprint density at radius 1 is 1.41 bits per heavy atom. The molecule has 0 spiro atoms. The average molecular weight is 388 g/mol. The van der Waals surface area contributed by atoms with Crippen LogP contribution in [0.5, 0.6) is 0 Å². The number of carbonyl (C=O) groups is 2. The third-order valence-electron chi connectivity index (χ3n) is 3.31. The van der Waals surface area contributed by atoms with Crippen LogP contribution in [-0.2, 0) is 14.3 Å². The van der Waals surface area contributed by atoms with Crippen LogP contribution in [0.3, 0.4) is 0 Å². The van der Waals surface area contributed by atoms with Gasteiger partial charge in [-0.3, -0.25) is 4.79 Å². The van der Waals surface area contributed by atoms with E-state index in [0.29, 0.717) is 0 Å². The van der Waals surface area contributed by atoms with Crippen molar-refractivity contribution in [1.82, 2.24) is 5.32 Å². The molecule has 1 amide bonds. The molecular formula is C11H18BrNO9. The largest absolute Gasteiger partial charge is 0.477 e. The van der Waals surface area contributed by atoms with Crippen LogP contribution < -0.4 is 5.32 Å². The third-order valence-corrected chi connectivity index (χ3v) is 4.47. The van der Waals surface area contributed by atoms with E-state index in [1.807, 2.05) is 0 Å². The number of carboxylic acid groups (broad SMARTS) is 1.